The zero-order valence-corrected chi connectivity index (χ0v) is 37.2. The summed E-state index contributed by atoms with van der Waals surface area (Å²) in [7, 11) is 1.68. The number of piperidine rings is 1. The first kappa shape index (κ1) is 47.5. The highest BCUT2D eigenvalue weighted by Gasteiger charge is 2.44. The minimum Gasteiger partial charge on any atom is -0.372 e. The van der Waals surface area contributed by atoms with Crippen molar-refractivity contribution in [1.29, 1.82) is 0 Å². The van der Waals surface area contributed by atoms with Crippen molar-refractivity contribution in [1.82, 2.24) is 29.6 Å². The van der Waals surface area contributed by atoms with Crippen LogP contribution in [0.3, 0.4) is 0 Å². The molecule has 6 N–H and O–H groups in total. The molecule has 18 heteroatoms. The maximum Gasteiger partial charge on any atom is 0.329 e. The molecular weight excluding hydrogens is 872 g/mol. The number of fused-ring (bicyclic) bond motifs is 2. The highest BCUT2D eigenvalue weighted by molar-refractivity contribution is 9.10. The van der Waals surface area contributed by atoms with Gasteiger partial charge < -0.3 is 31.3 Å². The smallest absolute Gasteiger partial charge is 0.329 e. The molecule has 4 heterocycles. The summed E-state index contributed by atoms with van der Waals surface area (Å²) >= 11 is 3.43. The Morgan fingerprint density at radius 3 is 2.38 bits per heavy atom. The summed E-state index contributed by atoms with van der Waals surface area (Å²) in [6, 6.07) is 10.3. The van der Waals surface area contributed by atoms with Crippen LogP contribution in [0.1, 0.15) is 101 Å². The number of primary amides is 1. The third kappa shape index (κ3) is 11.7. The van der Waals surface area contributed by atoms with E-state index in [-0.39, 0.29) is 80.0 Å². The van der Waals surface area contributed by atoms with Crippen molar-refractivity contribution in [2.75, 3.05) is 13.1 Å². The van der Waals surface area contributed by atoms with E-state index in [0.29, 0.717) is 50.8 Å². The third-order valence-electron chi connectivity index (χ3n) is 12.2. The predicted molar refractivity (Wildman–Crippen MR) is 234 cm³/mol. The molecule has 3 aliphatic rings. The number of carbonyl (C=O) groups is 6. The molecule has 0 radical (unpaired) electrons. The minimum atomic E-state index is -0.971. The number of rotatable bonds is 17. The molecule has 2 aromatic carbocycles. The molecule has 1 unspecified atom stereocenters. The Bertz CT molecular complexity index is 2140. The highest BCUT2D eigenvalue weighted by atomic mass is 79.9. The topological polar surface area (TPSA) is 221 Å². The van der Waals surface area contributed by atoms with E-state index in [0.717, 1.165) is 46.8 Å². The third-order valence-corrected chi connectivity index (χ3v) is 12.7. The summed E-state index contributed by atoms with van der Waals surface area (Å²) in [5.74, 6) is -1.99. The van der Waals surface area contributed by atoms with Crippen LogP contribution in [-0.2, 0) is 53.6 Å². The number of aryl methyl sites for hydroxylation is 2. The lowest BCUT2D eigenvalue weighted by Gasteiger charge is -2.38. The molecule has 1 aromatic heterocycles. The SMILES string of the molecule is C[C@@H](OCc1ccc(Br)cc1)[C@H](CCC(N)=O)NC(=O)[C@@H]1CC[C@@H]2CCN(C(=O)CCCCCCc3ccc4c(c3)n(C)c(=O)n4C3CCC(=O)NC3=O)C[C@H](N)C(=O)N21.Cl. The fourth-order valence-electron chi connectivity index (χ4n) is 8.72. The molecule has 0 aliphatic carbocycles. The Kier molecular flexibility index (Phi) is 16.7. The van der Waals surface area contributed by atoms with Gasteiger partial charge in [0.2, 0.25) is 35.4 Å². The Balaban J connectivity index is 0.00000704. The van der Waals surface area contributed by atoms with Gasteiger partial charge in [0, 0.05) is 49.9 Å². The molecule has 61 heavy (non-hydrogen) atoms. The van der Waals surface area contributed by atoms with Gasteiger partial charge >= 0.3 is 5.69 Å². The molecule has 6 rings (SSSR count). The standard InChI is InChI=1S/C43H57BrN8O8.ClH/c1-26(60-25-28-9-12-29(44)13-10-28)32(15-19-37(46)53)47-40(56)34-17-14-30-21-22-50(24-31(45)42(58)51(30)34)39(55)8-6-4-3-5-7-27-11-16-33-36(23-27)49(2)43(59)52(33)35-18-20-38(54)48-41(35)57;/h9-13,16,23,26,30-32,34-35H,3-8,14-15,17-22,24-25,45H2,1-2H3,(H2,46,53)(H,47,56)(H,48,54,57);1H/t26-,30-,31+,32+,34+,35?;/m1./s1. The van der Waals surface area contributed by atoms with E-state index in [4.69, 9.17) is 16.2 Å². The monoisotopic (exact) mass is 928 g/mol. The summed E-state index contributed by atoms with van der Waals surface area (Å²) in [6.07, 6.45) is 6.44. The number of imidazole rings is 1. The maximum absolute atomic E-state index is 13.8. The minimum absolute atomic E-state index is 0. The quantitative estimate of drug-likeness (QED) is 0.115. The molecular formula is C43H58BrClN8O8. The van der Waals surface area contributed by atoms with E-state index in [1.165, 1.54) is 9.13 Å². The second-order valence-corrected chi connectivity index (χ2v) is 17.3. The zero-order valence-electron chi connectivity index (χ0n) is 34.8. The largest absolute Gasteiger partial charge is 0.372 e. The predicted octanol–water partition coefficient (Wildman–Crippen LogP) is 3.27. The van der Waals surface area contributed by atoms with Crippen molar-refractivity contribution >= 4 is 74.8 Å². The van der Waals surface area contributed by atoms with E-state index in [1.54, 1.807) is 16.8 Å². The number of imide groups is 1. The average Bonchev–Trinajstić information content (AvgIpc) is 3.75. The lowest BCUT2D eigenvalue weighted by molar-refractivity contribution is -0.145. The second kappa shape index (κ2) is 21.5. The van der Waals surface area contributed by atoms with Crippen molar-refractivity contribution in [3.8, 4) is 0 Å². The molecule has 3 saturated heterocycles. The molecule has 0 spiro atoms. The van der Waals surface area contributed by atoms with E-state index < -0.39 is 42.1 Å². The number of nitrogens with zero attached hydrogens (tertiary/aromatic N) is 4. The van der Waals surface area contributed by atoms with E-state index in [2.05, 4.69) is 26.6 Å². The molecule has 6 amide bonds. The zero-order chi connectivity index (χ0) is 43.1. The van der Waals surface area contributed by atoms with Gasteiger partial charge in [0.15, 0.2) is 0 Å². The number of aromatic nitrogens is 2. The molecule has 332 valence electrons. The van der Waals surface area contributed by atoms with Crippen molar-refractivity contribution in [2.24, 2.45) is 18.5 Å². The van der Waals surface area contributed by atoms with Crippen molar-refractivity contribution < 1.29 is 33.5 Å². The number of hydrogen-bond donors (Lipinski definition) is 4. The normalized spacial score (nSPS) is 21.5. The number of halogens is 2. The molecule has 16 nitrogen and oxygen atoms in total. The Morgan fingerprint density at radius 2 is 1.66 bits per heavy atom. The van der Waals surface area contributed by atoms with Crippen LogP contribution in [-0.4, -0.2) is 97.7 Å². The lowest BCUT2D eigenvalue weighted by Crippen LogP contribution is -2.60. The molecule has 6 atom stereocenters. The number of amides is 6. The summed E-state index contributed by atoms with van der Waals surface area (Å²) in [4.78, 5) is 93.2. The number of benzene rings is 2. The highest BCUT2D eigenvalue weighted by Crippen LogP contribution is 2.30. The molecule has 0 bridgehead atoms. The first-order valence-electron chi connectivity index (χ1n) is 21.1. The number of hydrogen-bond acceptors (Lipinski definition) is 9. The van der Waals surface area contributed by atoms with Gasteiger partial charge in [-0.3, -0.25) is 43.2 Å². The van der Waals surface area contributed by atoms with Gasteiger partial charge in [-0.1, -0.05) is 47.0 Å². The van der Waals surface area contributed by atoms with Crippen LogP contribution < -0.4 is 27.8 Å². The molecule has 0 saturated carbocycles. The van der Waals surface area contributed by atoms with Gasteiger partial charge in [-0.2, -0.15) is 0 Å². The fourth-order valence-corrected chi connectivity index (χ4v) is 8.99. The molecule has 3 aromatic rings. The Labute approximate surface area is 370 Å². The van der Waals surface area contributed by atoms with Crippen LogP contribution in [0.4, 0.5) is 0 Å². The van der Waals surface area contributed by atoms with E-state index in [9.17, 15) is 33.6 Å². The van der Waals surface area contributed by atoms with Gasteiger partial charge in [0.1, 0.15) is 18.1 Å². The Hall–Kier alpha value is -4.58. The summed E-state index contributed by atoms with van der Waals surface area (Å²) in [5.41, 5.74) is 15.0. The van der Waals surface area contributed by atoms with Crippen molar-refractivity contribution in [2.45, 2.75) is 133 Å². The van der Waals surface area contributed by atoms with Crippen LogP contribution in [0.25, 0.3) is 11.0 Å². The fraction of sp³-hybridized carbons (Fsp3) is 0.558. The van der Waals surface area contributed by atoms with Crippen LogP contribution in [0.5, 0.6) is 0 Å². The maximum atomic E-state index is 13.8. The number of nitrogens with two attached hydrogens (primary N) is 2. The summed E-state index contributed by atoms with van der Waals surface area (Å²) in [5, 5.41) is 5.39. The van der Waals surface area contributed by atoms with E-state index in [1.807, 2.05) is 49.4 Å². The summed E-state index contributed by atoms with van der Waals surface area (Å²) in [6.45, 7) is 2.67. The lowest BCUT2D eigenvalue weighted by atomic mass is 10.0. The van der Waals surface area contributed by atoms with Crippen molar-refractivity contribution in [3.05, 3.63) is 68.5 Å². The van der Waals surface area contributed by atoms with Gasteiger partial charge in [-0.05, 0) is 93.7 Å². The number of nitrogens with one attached hydrogen (secondary N) is 2. The molecule has 3 fully saturated rings. The number of carbonyl (C=O) groups excluding carboxylic acids is 6. The molecule has 3 aliphatic heterocycles. The van der Waals surface area contributed by atoms with Crippen LogP contribution in [0, 0.1) is 0 Å². The van der Waals surface area contributed by atoms with E-state index >= 15 is 0 Å². The van der Waals surface area contributed by atoms with Gasteiger partial charge in [0.25, 0.3) is 0 Å². The number of ether oxygens (including phenoxy) is 1. The average molecular weight is 930 g/mol. The second-order valence-electron chi connectivity index (χ2n) is 16.4. The van der Waals surface area contributed by atoms with Crippen molar-refractivity contribution in [3.63, 3.8) is 0 Å². The van der Waals surface area contributed by atoms with Gasteiger partial charge in [0.05, 0.1) is 29.8 Å². The van der Waals surface area contributed by atoms with Crippen LogP contribution >= 0.6 is 28.3 Å². The first-order chi connectivity index (χ1) is 28.7. The van der Waals surface area contributed by atoms with Gasteiger partial charge in [-0.25, -0.2) is 4.79 Å². The van der Waals surface area contributed by atoms with Crippen LogP contribution in [0.2, 0.25) is 0 Å². The summed E-state index contributed by atoms with van der Waals surface area (Å²) < 4.78 is 10.1. The number of unbranched alkanes of at least 4 members (excludes halogenated alkanes) is 3. The van der Waals surface area contributed by atoms with Gasteiger partial charge in [-0.15, -0.1) is 12.4 Å². The Morgan fingerprint density at radius 1 is 0.934 bits per heavy atom. The first-order valence-corrected chi connectivity index (χ1v) is 21.8. The van der Waals surface area contributed by atoms with Crippen LogP contribution in [0.15, 0.2) is 51.7 Å².